The van der Waals surface area contributed by atoms with Gasteiger partial charge in [-0.15, -0.1) is 0 Å². The summed E-state index contributed by atoms with van der Waals surface area (Å²) in [6.45, 7) is 0.615. The first-order valence-electron chi connectivity index (χ1n) is 5.65. The highest BCUT2D eigenvalue weighted by Gasteiger charge is 2.32. The molecule has 2 heterocycles. The van der Waals surface area contributed by atoms with Crippen LogP contribution in [0, 0.1) is 0 Å². The Morgan fingerprint density at radius 1 is 1.59 bits per heavy atom. The molecule has 1 aromatic heterocycles. The van der Waals surface area contributed by atoms with Gasteiger partial charge in [0.15, 0.2) is 0 Å². The number of amides is 2. The SMILES string of the molecule is Cn1nccc1CC(=O)N1CCCC1C(N)=O. The van der Waals surface area contributed by atoms with Gasteiger partial charge in [0, 0.05) is 25.5 Å². The lowest BCUT2D eigenvalue weighted by molar-refractivity contribution is -0.136. The molecule has 1 unspecified atom stereocenters. The van der Waals surface area contributed by atoms with Gasteiger partial charge < -0.3 is 10.6 Å². The van der Waals surface area contributed by atoms with Crippen LogP contribution < -0.4 is 5.73 Å². The third-order valence-electron chi connectivity index (χ3n) is 3.16. The summed E-state index contributed by atoms with van der Waals surface area (Å²) in [5, 5.41) is 4.00. The summed E-state index contributed by atoms with van der Waals surface area (Å²) >= 11 is 0. The highest BCUT2D eigenvalue weighted by Crippen LogP contribution is 2.18. The van der Waals surface area contributed by atoms with Crippen LogP contribution in [0.4, 0.5) is 0 Å². The maximum atomic E-state index is 12.1. The summed E-state index contributed by atoms with van der Waals surface area (Å²) in [4.78, 5) is 24.8. The third kappa shape index (κ3) is 2.30. The van der Waals surface area contributed by atoms with Gasteiger partial charge in [-0.2, -0.15) is 5.10 Å². The van der Waals surface area contributed by atoms with Crippen molar-refractivity contribution in [1.82, 2.24) is 14.7 Å². The number of rotatable bonds is 3. The van der Waals surface area contributed by atoms with E-state index in [0.717, 1.165) is 12.1 Å². The molecule has 92 valence electrons. The van der Waals surface area contributed by atoms with Gasteiger partial charge in [-0.3, -0.25) is 14.3 Å². The molecule has 6 heteroatoms. The van der Waals surface area contributed by atoms with Crippen LogP contribution in [0.15, 0.2) is 12.3 Å². The molecule has 17 heavy (non-hydrogen) atoms. The molecule has 0 radical (unpaired) electrons. The van der Waals surface area contributed by atoms with E-state index in [1.165, 1.54) is 0 Å². The number of aryl methyl sites for hydroxylation is 1. The molecule has 1 atom stereocenters. The van der Waals surface area contributed by atoms with Gasteiger partial charge in [-0.25, -0.2) is 0 Å². The van der Waals surface area contributed by atoms with Crippen LogP contribution >= 0.6 is 0 Å². The van der Waals surface area contributed by atoms with E-state index < -0.39 is 11.9 Å². The van der Waals surface area contributed by atoms with Crippen molar-refractivity contribution in [2.24, 2.45) is 12.8 Å². The third-order valence-corrected chi connectivity index (χ3v) is 3.16. The number of primary amides is 1. The minimum Gasteiger partial charge on any atom is -0.368 e. The molecule has 0 aliphatic carbocycles. The van der Waals surface area contributed by atoms with Crippen LogP contribution in [-0.2, 0) is 23.1 Å². The Hall–Kier alpha value is -1.85. The number of carbonyl (C=O) groups excluding carboxylic acids is 2. The van der Waals surface area contributed by atoms with Gasteiger partial charge in [-0.05, 0) is 18.9 Å². The molecule has 1 aromatic rings. The lowest BCUT2D eigenvalue weighted by Crippen LogP contribution is -2.44. The number of hydrogen-bond donors (Lipinski definition) is 1. The standard InChI is InChI=1S/C11H16N4O2/c1-14-8(4-5-13-14)7-10(16)15-6-2-3-9(15)11(12)17/h4-5,9H,2-3,6-7H2,1H3,(H2,12,17). The van der Waals surface area contributed by atoms with Crippen LogP contribution in [0.1, 0.15) is 18.5 Å². The normalized spacial score (nSPS) is 19.6. The van der Waals surface area contributed by atoms with Crippen LogP contribution in [0.5, 0.6) is 0 Å². The summed E-state index contributed by atoms with van der Waals surface area (Å²) in [5.74, 6) is -0.476. The average molecular weight is 236 g/mol. The first-order valence-corrected chi connectivity index (χ1v) is 5.65. The van der Waals surface area contributed by atoms with E-state index in [9.17, 15) is 9.59 Å². The van der Waals surface area contributed by atoms with E-state index in [1.54, 1.807) is 28.9 Å². The van der Waals surface area contributed by atoms with Crippen molar-refractivity contribution in [2.75, 3.05) is 6.54 Å². The summed E-state index contributed by atoms with van der Waals surface area (Å²) in [6.07, 6.45) is 3.43. The molecule has 0 saturated carbocycles. The van der Waals surface area contributed by atoms with Crippen LogP contribution in [0.2, 0.25) is 0 Å². The Morgan fingerprint density at radius 2 is 2.35 bits per heavy atom. The fourth-order valence-electron chi connectivity index (χ4n) is 2.19. The maximum Gasteiger partial charge on any atom is 0.240 e. The van der Waals surface area contributed by atoms with E-state index in [0.29, 0.717) is 13.0 Å². The zero-order valence-corrected chi connectivity index (χ0v) is 9.80. The highest BCUT2D eigenvalue weighted by molar-refractivity contribution is 5.87. The van der Waals surface area contributed by atoms with Crippen molar-refractivity contribution >= 4 is 11.8 Å². The van der Waals surface area contributed by atoms with E-state index >= 15 is 0 Å². The molecule has 2 rings (SSSR count). The minimum absolute atomic E-state index is 0.0603. The largest absolute Gasteiger partial charge is 0.368 e. The molecule has 0 bridgehead atoms. The first kappa shape index (κ1) is 11.6. The number of hydrogen-bond acceptors (Lipinski definition) is 3. The lowest BCUT2D eigenvalue weighted by Gasteiger charge is -2.22. The summed E-state index contributed by atoms with van der Waals surface area (Å²) in [7, 11) is 1.79. The molecule has 1 aliphatic heterocycles. The Labute approximate surface area is 99.4 Å². The maximum absolute atomic E-state index is 12.1. The quantitative estimate of drug-likeness (QED) is 0.763. The van der Waals surface area contributed by atoms with Crippen molar-refractivity contribution in [1.29, 1.82) is 0 Å². The molecular formula is C11H16N4O2. The Bertz CT molecular complexity index is 440. The van der Waals surface area contributed by atoms with Gasteiger partial charge in [-0.1, -0.05) is 0 Å². The van der Waals surface area contributed by atoms with Crippen molar-refractivity contribution in [3.05, 3.63) is 18.0 Å². The zero-order chi connectivity index (χ0) is 12.4. The van der Waals surface area contributed by atoms with Crippen molar-refractivity contribution in [2.45, 2.75) is 25.3 Å². The molecule has 1 saturated heterocycles. The molecule has 2 amide bonds. The number of likely N-dealkylation sites (tertiary alicyclic amines) is 1. The van der Waals surface area contributed by atoms with Gasteiger partial charge >= 0.3 is 0 Å². The molecule has 1 fully saturated rings. The number of carbonyl (C=O) groups is 2. The van der Waals surface area contributed by atoms with Crippen molar-refractivity contribution < 1.29 is 9.59 Å². The molecular weight excluding hydrogens is 220 g/mol. The second-order valence-electron chi connectivity index (χ2n) is 4.27. The van der Waals surface area contributed by atoms with Gasteiger partial charge in [0.1, 0.15) is 6.04 Å². The van der Waals surface area contributed by atoms with Crippen molar-refractivity contribution in [3.8, 4) is 0 Å². The number of nitrogens with two attached hydrogens (primary N) is 1. The van der Waals surface area contributed by atoms with E-state index in [4.69, 9.17) is 5.73 Å². The fourth-order valence-corrected chi connectivity index (χ4v) is 2.19. The van der Waals surface area contributed by atoms with Crippen molar-refractivity contribution in [3.63, 3.8) is 0 Å². The number of nitrogens with zero attached hydrogens (tertiary/aromatic N) is 3. The molecule has 0 aromatic carbocycles. The molecule has 6 nitrogen and oxygen atoms in total. The van der Waals surface area contributed by atoms with E-state index in [-0.39, 0.29) is 12.3 Å². The van der Waals surface area contributed by atoms with Crippen LogP contribution in [0.3, 0.4) is 0 Å². The lowest BCUT2D eigenvalue weighted by atomic mass is 10.2. The summed E-state index contributed by atoms with van der Waals surface area (Å²) in [6, 6.07) is 1.36. The Morgan fingerprint density at radius 3 is 2.94 bits per heavy atom. The van der Waals surface area contributed by atoms with Crippen LogP contribution in [0.25, 0.3) is 0 Å². The van der Waals surface area contributed by atoms with Gasteiger partial charge in [0.2, 0.25) is 11.8 Å². The predicted octanol–water partition coefficient (Wildman–Crippen LogP) is -0.561. The molecule has 2 N–H and O–H groups in total. The minimum atomic E-state index is -0.435. The topological polar surface area (TPSA) is 81.2 Å². The zero-order valence-electron chi connectivity index (χ0n) is 9.80. The van der Waals surface area contributed by atoms with E-state index in [1.807, 2.05) is 0 Å². The second-order valence-corrected chi connectivity index (χ2v) is 4.27. The molecule has 0 spiro atoms. The number of aromatic nitrogens is 2. The molecule has 1 aliphatic rings. The second kappa shape index (κ2) is 4.57. The van der Waals surface area contributed by atoms with E-state index in [2.05, 4.69) is 5.10 Å². The summed E-state index contributed by atoms with van der Waals surface area (Å²) < 4.78 is 1.66. The Kier molecular flexibility index (Phi) is 3.12. The van der Waals surface area contributed by atoms with Gasteiger partial charge in [0.25, 0.3) is 0 Å². The first-order chi connectivity index (χ1) is 8.09. The predicted molar refractivity (Wildman–Crippen MR) is 60.8 cm³/mol. The fraction of sp³-hybridized carbons (Fsp3) is 0.545. The average Bonchev–Trinajstić information content (AvgIpc) is 2.87. The highest BCUT2D eigenvalue weighted by atomic mass is 16.2. The van der Waals surface area contributed by atoms with Gasteiger partial charge in [0.05, 0.1) is 6.42 Å². The monoisotopic (exact) mass is 236 g/mol. The van der Waals surface area contributed by atoms with Crippen LogP contribution in [-0.4, -0.2) is 39.1 Å². The summed E-state index contributed by atoms with van der Waals surface area (Å²) in [5.41, 5.74) is 6.12. The smallest absolute Gasteiger partial charge is 0.240 e. The Balaban J connectivity index is 2.05.